The van der Waals surface area contributed by atoms with Crippen LogP contribution in [0.1, 0.15) is 23.7 Å². The molecule has 1 aromatic carbocycles. The van der Waals surface area contributed by atoms with Crippen molar-refractivity contribution in [3.05, 3.63) is 59.4 Å². The number of para-hydroxylation sites is 1. The van der Waals surface area contributed by atoms with Crippen molar-refractivity contribution >= 4 is 17.5 Å². The van der Waals surface area contributed by atoms with Crippen LogP contribution >= 0.6 is 0 Å². The van der Waals surface area contributed by atoms with E-state index < -0.39 is 17.8 Å². The first-order valence-electron chi connectivity index (χ1n) is 8.01. The average molecular weight is 397 g/mol. The molecular formula is C18H18F3N3O4. The molecule has 150 valence electrons. The van der Waals surface area contributed by atoms with Gasteiger partial charge in [0.15, 0.2) is 0 Å². The molecule has 7 nitrogen and oxygen atoms in total. The standard InChI is InChI=1S/C18H18F3N3O4/c1-12(15-8-7-14(9-22-15)18(19,20)21)23-28-10-13-5-3-4-6-16(13)24(11-27-2)17(25)26/h3-9H,10-11H2,1-2H3,(H,25,26)/b23-12-. The molecule has 0 aliphatic heterocycles. The molecule has 28 heavy (non-hydrogen) atoms. The molecule has 0 fully saturated rings. The number of amides is 1. The van der Waals surface area contributed by atoms with Crippen LogP contribution in [0.25, 0.3) is 0 Å². The summed E-state index contributed by atoms with van der Waals surface area (Å²) in [5, 5.41) is 13.2. The van der Waals surface area contributed by atoms with Gasteiger partial charge in [-0.15, -0.1) is 0 Å². The minimum atomic E-state index is -4.46. The molecule has 0 spiro atoms. The van der Waals surface area contributed by atoms with Gasteiger partial charge in [0, 0.05) is 18.9 Å². The fraction of sp³-hybridized carbons (Fsp3) is 0.278. The molecule has 0 saturated heterocycles. The molecule has 0 radical (unpaired) electrons. The second-order valence-corrected chi connectivity index (χ2v) is 5.64. The van der Waals surface area contributed by atoms with Crippen LogP contribution in [0.2, 0.25) is 0 Å². The number of carbonyl (C=O) groups is 1. The summed E-state index contributed by atoms with van der Waals surface area (Å²) < 4.78 is 42.6. The number of hydrogen-bond donors (Lipinski definition) is 1. The Bertz CT molecular complexity index is 839. The number of nitrogens with zero attached hydrogens (tertiary/aromatic N) is 3. The summed E-state index contributed by atoms with van der Waals surface area (Å²) in [4.78, 5) is 21.4. The first-order valence-corrected chi connectivity index (χ1v) is 8.01. The molecule has 2 rings (SSSR count). The molecule has 0 aliphatic rings. The van der Waals surface area contributed by atoms with Gasteiger partial charge in [0.2, 0.25) is 0 Å². The Balaban J connectivity index is 2.11. The van der Waals surface area contributed by atoms with Crippen LogP contribution in [0.15, 0.2) is 47.8 Å². The molecule has 0 saturated carbocycles. The van der Waals surface area contributed by atoms with Gasteiger partial charge in [0.1, 0.15) is 19.0 Å². The van der Waals surface area contributed by atoms with Crippen LogP contribution in [-0.4, -0.2) is 35.7 Å². The van der Waals surface area contributed by atoms with Crippen molar-refractivity contribution < 1.29 is 32.6 Å². The molecule has 0 atom stereocenters. The van der Waals surface area contributed by atoms with Crippen molar-refractivity contribution in [3.8, 4) is 0 Å². The van der Waals surface area contributed by atoms with Crippen molar-refractivity contribution in [3.63, 3.8) is 0 Å². The van der Waals surface area contributed by atoms with Gasteiger partial charge in [-0.1, -0.05) is 23.4 Å². The highest BCUT2D eigenvalue weighted by Gasteiger charge is 2.30. The van der Waals surface area contributed by atoms with E-state index in [1.807, 2.05) is 0 Å². The quantitative estimate of drug-likeness (QED) is 0.431. The lowest BCUT2D eigenvalue weighted by atomic mass is 10.2. The SMILES string of the molecule is COCN(C(=O)O)c1ccccc1CO/N=C(/C)c1ccc(C(F)(F)F)cn1. The normalized spacial score (nSPS) is 12.0. The minimum Gasteiger partial charge on any atom is -0.465 e. The van der Waals surface area contributed by atoms with Gasteiger partial charge in [-0.3, -0.25) is 9.88 Å². The third-order valence-corrected chi connectivity index (χ3v) is 3.65. The maximum Gasteiger partial charge on any atom is 0.417 e. The summed E-state index contributed by atoms with van der Waals surface area (Å²) in [6, 6.07) is 8.76. The fourth-order valence-electron chi connectivity index (χ4n) is 2.27. The molecule has 1 amide bonds. The highest BCUT2D eigenvalue weighted by Crippen LogP contribution is 2.28. The average Bonchev–Trinajstić information content (AvgIpc) is 2.66. The number of oxime groups is 1. The number of pyridine rings is 1. The summed E-state index contributed by atoms with van der Waals surface area (Å²) in [5.74, 6) is 0. The number of rotatable bonds is 7. The smallest absolute Gasteiger partial charge is 0.417 e. The third kappa shape index (κ3) is 5.43. The van der Waals surface area contributed by atoms with Crippen molar-refractivity contribution in [1.82, 2.24) is 4.98 Å². The molecule has 1 N–H and O–H groups in total. The lowest BCUT2D eigenvalue weighted by Gasteiger charge is -2.20. The molecule has 1 aromatic heterocycles. The number of alkyl halides is 3. The molecule has 0 aliphatic carbocycles. The second kappa shape index (κ2) is 9.18. The number of anilines is 1. The number of methoxy groups -OCH3 is 1. The van der Waals surface area contributed by atoms with Crippen molar-refractivity contribution in [2.24, 2.45) is 5.16 Å². The first-order chi connectivity index (χ1) is 13.2. The number of ether oxygens (including phenoxy) is 1. The number of hydrogen-bond acceptors (Lipinski definition) is 5. The van der Waals surface area contributed by atoms with Crippen LogP contribution in [0, 0.1) is 0 Å². The van der Waals surface area contributed by atoms with E-state index in [-0.39, 0.29) is 24.7 Å². The molecule has 0 unspecified atom stereocenters. The molecule has 0 bridgehead atoms. The molecule has 1 heterocycles. The molecular weight excluding hydrogens is 379 g/mol. The minimum absolute atomic E-state index is 0.0539. The van der Waals surface area contributed by atoms with Gasteiger partial charge in [-0.05, 0) is 25.1 Å². The van der Waals surface area contributed by atoms with Crippen molar-refractivity contribution in [2.45, 2.75) is 19.7 Å². The van der Waals surface area contributed by atoms with Crippen LogP contribution in [0.5, 0.6) is 0 Å². The van der Waals surface area contributed by atoms with E-state index in [2.05, 4.69) is 10.1 Å². The summed E-state index contributed by atoms with van der Waals surface area (Å²) in [5.41, 5.74) is 0.563. The highest BCUT2D eigenvalue weighted by atomic mass is 19.4. The topological polar surface area (TPSA) is 84.2 Å². The summed E-state index contributed by atoms with van der Waals surface area (Å²) in [7, 11) is 1.37. The Morgan fingerprint density at radius 2 is 1.96 bits per heavy atom. The monoisotopic (exact) mass is 397 g/mol. The van der Waals surface area contributed by atoms with Crippen molar-refractivity contribution in [2.75, 3.05) is 18.7 Å². The summed E-state index contributed by atoms with van der Waals surface area (Å²) in [6.07, 6.45) is -4.93. The Morgan fingerprint density at radius 1 is 1.25 bits per heavy atom. The van der Waals surface area contributed by atoms with Crippen LogP contribution in [0.4, 0.5) is 23.7 Å². The lowest BCUT2D eigenvalue weighted by molar-refractivity contribution is -0.137. The Kier molecular flexibility index (Phi) is 6.94. The lowest BCUT2D eigenvalue weighted by Crippen LogP contribution is -2.32. The molecule has 2 aromatic rings. The van der Waals surface area contributed by atoms with Gasteiger partial charge in [0.05, 0.1) is 16.9 Å². The van der Waals surface area contributed by atoms with Gasteiger partial charge in [0.25, 0.3) is 0 Å². The van der Waals surface area contributed by atoms with Crippen LogP contribution < -0.4 is 4.90 Å². The van der Waals surface area contributed by atoms with Gasteiger partial charge >= 0.3 is 12.3 Å². The Labute approximate surface area is 159 Å². The molecule has 10 heteroatoms. The number of aromatic nitrogens is 1. The predicted octanol–water partition coefficient (Wildman–Crippen LogP) is 4.13. The van der Waals surface area contributed by atoms with E-state index in [1.165, 1.54) is 20.1 Å². The van der Waals surface area contributed by atoms with Gasteiger partial charge < -0.3 is 14.7 Å². The first kappa shape index (κ1) is 21.2. The van der Waals surface area contributed by atoms with E-state index >= 15 is 0 Å². The maximum absolute atomic E-state index is 12.6. The third-order valence-electron chi connectivity index (χ3n) is 3.65. The van der Waals surface area contributed by atoms with E-state index in [4.69, 9.17) is 9.57 Å². The number of carboxylic acid groups (broad SMARTS) is 1. The number of benzene rings is 1. The maximum atomic E-state index is 12.6. The largest absolute Gasteiger partial charge is 0.465 e. The Hall–Kier alpha value is -3.14. The summed E-state index contributed by atoms with van der Waals surface area (Å²) >= 11 is 0. The zero-order valence-corrected chi connectivity index (χ0v) is 15.1. The van der Waals surface area contributed by atoms with Crippen LogP contribution in [-0.2, 0) is 22.4 Å². The number of halogens is 3. The van der Waals surface area contributed by atoms with Gasteiger partial charge in [-0.25, -0.2) is 4.79 Å². The zero-order chi connectivity index (χ0) is 20.7. The van der Waals surface area contributed by atoms with Crippen LogP contribution in [0.3, 0.4) is 0 Å². The highest BCUT2D eigenvalue weighted by molar-refractivity contribution is 5.96. The summed E-state index contributed by atoms with van der Waals surface area (Å²) in [6.45, 7) is 1.32. The Morgan fingerprint density at radius 3 is 2.54 bits per heavy atom. The van der Waals surface area contributed by atoms with E-state index in [0.29, 0.717) is 11.3 Å². The van der Waals surface area contributed by atoms with Crippen molar-refractivity contribution in [1.29, 1.82) is 0 Å². The predicted molar refractivity (Wildman–Crippen MR) is 95.1 cm³/mol. The fourth-order valence-corrected chi connectivity index (χ4v) is 2.27. The second-order valence-electron chi connectivity index (χ2n) is 5.64. The zero-order valence-electron chi connectivity index (χ0n) is 15.1. The van der Waals surface area contributed by atoms with E-state index in [1.54, 1.807) is 24.3 Å². The van der Waals surface area contributed by atoms with Gasteiger partial charge in [-0.2, -0.15) is 13.2 Å². The van der Waals surface area contributed by atoms with E-state index in [9.17, 15) is 23.1 Å². The van der Waals surface area contributed by atoms with E-state index in [0.717, 1.165) is 17.2 Å².